The van der Waals surface area contributed by atoms with E-state index in [1.54, 1.807) is 23.1 Å². The van der Waals surface area contributed by atoms with Gasteiger partial charge in [0, 0.05) is 43.1 Å². The number of nitrogen functional groups attached to an aromatic ring is 1. The first kappa shape index (κ1) is 20.4. The molecule has 2 amide bonds. The molecule has 1 fully saturated rings. The number of nitrogens with one attached hydrogen (secondary N) is 1. The molecule has 0 spiro atoms. The number of piperazine rings is 1. The van der Waals surface area contributed by atoms with Gasteiger partial charge in [0.2, 0.25) is 5.91 Å². The van der Waals surface area contributed by atoms with Gasteiger partial charge in [0.25, 0.3) is 5.91 Å². The predicted molar refractivity (Wildman–Crippen MR) is 110 cm³/mol. The molecule has 2 aromatic carbocycles. The Morgan fingerprint density at radius 3 is 2.48 bits per heavy atom. The Bertz CT molecular complexity index is 836. The summed E-state index contributed by atoms with van der Waals surface area (Å²) < 4.78 is 17.4. The van der Waals surface area contributed by atoms with E-state index in [-0.39, 0.29) is 25.0 Å². The average molecular weight is 400 g/mol. The number of halogens is 1. The van der Waals surface area contributed by atoms with Crippen molar-refractivity contribution in [3.05, 3.63) is 54.1 Å². The van der Waals surface area contributed by atoms with Crippen LogP contribution >= 0.6 is 0 Å². The summed E-state index contributed by atoms with van der Waals surface area (Å²) in [4.78, 5) is 28.7. The molecule has 1 saturated heterocycles. The Hall–Kier alpha value is -3.29. The second kappa shape index (κ2) is 9.77. The van der Waals surface area contributed by atoms with Crippen LogP contribution in [0.2, 0.25) is 0 Å². The molecule has 1 aliphatic rings. The fourth-order valence-corrected chi connectivity index (χ4v) is 3.15. The maximum Gasteiger partial charge on any atom is 0.251 e. The van der Waals surface area contributed by atoms with E-state index < -0.39 is 6.67 Å². The Morgan fingerprint density at radius 1 is 1.07 bits per heavy atom. The van der Waals surface area contributed by atoms with Crippen molar-refractivity contribution in [1.29, 1.82) is 0 Å². The third-order valence-corrected chi connectivity index (χ3v) is 4.73. The minimum atomic E-state index is -0.601. The van der Waals surface area contributed by atoms with Crippen molar-refractivity contribution < 1.29 is 18.7 Å². The van der Waals surface area contributed by atoms with Crippen molar-refractivity contribution >= 4 is 23.2 Å². The van der Waals surface area contributed by atoms with E-state index in [4.69, 9.17) is 10.5 Å². The van der Waals surface area contributed by atoms with Gasteiger partial charge in [0.15, 0.2) is 0 Å². The first-order chi connectivity index (χ1) is 14.1. The second-order valence-corrected chi connectivity index (χ2v) is 6.71. The van der Waals surface area contributed by atoms with E-state index in [1.165, 1.54) is 6.07 Å². The van der Waals surface area contributed by atoms with E-state index in [2.05, 4.69) is 10.2 Å². The molecule has 0 atom stereocenters. The van der Waals surface area contributed by atoms with Gasteiger partial charge in [0.1, 0.15) is 19.0 Å². The average Bonchev–Trinajstić information content (AvgIpc) is 2.76. The monoisotopic (exact) mass is 400 g/mol. The van der Waals surface area contributed by atoms with Gasteiger partial charge in [-0.1, -0.05) is 6.07 Å². The molecule has 3 rings (SSSR count). The maximum absolute atomic E-state index is 12.4. The number of hydrogen-bond acceptors (Lipinski definition) is 5. The number of carbonyl (C=O) groups is 2. The molecular formula is C21H25FN4O3. The topological polar surface area (TPSA) is 87.9 Å². The van der Waals surface area contributed by atoms with Crippen molar-refractivity contribution in [2.45, 2.75) is 0 Å². The fraction of sp³-hybridized carbons (Fsp3) is 0.333. The number of hydrogen-bond donors (Lipinski definition) is 2. The smallest absolute Gasteiger partial charge is 0.251 e. The largest absolute Gasteiger partial charge is 0.491 e. The van der Waals surface area contributed by atoms with Crippen molar-refractivity contribution in [2.24, 2.45) is 0 Å². The number of nitrogens with zero attached hydrogens (tertiary/aromatic N) is 2. The Morgan fingerprint density at radius 2 is 1.79 bits per heavy atom. The number of carbonyl (C=O) groups excluding carboxylic acids is 2. The normalized spacial score (nSPS) is 13.8. The zero-order valence-electron chi connectivity index (χ0n) is 16.1. The molecule has 8 heteroatoms. The standard InChI is InChI=1S/C21H25FN4O3/c22-8-13-29-19-3-1-2-16(14-19)21(28)24-15-20(27)26-11-9-25(10-12-26)18-6-4-17(23)5-7-18/h1-7,14H,8-13,15,23H2,(H,24,28). The molecule has 0 aliphatic carbocycles. The summed E-state index contributed by atoms with van der Waals surface area (Å²) >= 11 is 0. The van der Waals surface area contributed by atoms with Crippen molar-refractivity contribution in [2.75, 3.05) is 56.6 Å². The highest BCUT2D eigenvalue weighted by Crippen LogP contribution is 2.18. The van der Waals surface area contributed by atoms with Crippen LogP contribution in [0.4, 0.5) is 15.8 Å². The molecule has 0 saturated carbocycles. The third kappa shape index (κ3) is 5.60. The van der Waals surface area contributed by atoms with Gasteiger partial charge in [-0.15, -0.1) is 0 Å². The van der Waals surface area contributed by atoms with Crippen molar-refractivity contribution in [1.82, 2.24) is 10.2 Å². The number of benzene rings is 2. The van der Waals surface area contributed by atoms with E-state index >= 15 is 0 Å². The summed E-state index contributed by atoms with van der Waals surface area (Å²) in [5.74, 6) is -0.0786. The molecule has 1 aliphatic heterocycles. The SMILES string of the molecule is Nc1ccc(N2CCN(C(=O)CNC(=O)c3cccc(OCCF)c3)CC2)cc1. The first-order valence-corrected chi connectivity index (χ1v) is 9.52. The molecule has 1 heterocycles. The van der Waals surface area contributed by atoms with Gasteiger partial charge >= 0.3 is 0 Å². The second-order valence-electron chi connectivity index (χ2n) is 6.71. The number of nitrogens with two attached hydrogens (primary N) is 1. The molecule has 0 aromatic heterocycles. The van der Waals surface area contributed by atoms with Crippen LogP contribution in [0.1, 0.15) is 10.4 Å². The van der Waals surface area contributed by atoms with Crippen molar-refractivity contribution in [3.8, 4) is 5.75 Å². The number of ether oxygens (including phenoxy) is 1. The summed E-state index contributed by atoms with van der Waals surface area (Å²) in [6, 6.07) is 14.1. The lowest BCUT2D eigenvalue weighted by atomic mass is 10.2. The minimum absolute atomic E-state index is 0.0636. The highest BCUT2D eigenvalue weighted by atomic mass is 19.1. The van der Waals surface area contributed by atoms with Crippen LogP contribution in [0.15, 0.2) is 48.5 Å². The van der Waals surface area contributed by atoms with Crippen LogP contribution in [0.25, 0.3) is 0 Å². The Kier molecular flexibility index (Phi) is 6.89. The van der Waals surface area contributed by atoms with Gasteiger partial charge in [0.05, 0.1) is 6.54 Å². The van der Waals surface area contributed by atoms with Gasteiger partial charge < -0.3 is 25.6 Å². The van der Waals surface area contributed by atoms with E-state index in [9.17, 15) is 14.0 Å². The lowest BCUT2D eigenvalue weighted by Crippen LogP contribution is -2.51. The van der Waals surface area contributed by atoms with Crippen LogP contribution in [0.5, 0.6) is 5.75 Å². The number of alkyl halides is 1. The number of anilines is 2. The summed E-state index contributed by atoms with van der Waals surface area (Å²) in [7, 11) is 0. The van der Waals surface area contributed by atoms with Crippen LogP contribution in [-0.4, -0.2) is 62.7 Å². The summed E-state index contributed by atoms with van der Waals surface area (Å²) in [6.07, 6.45) is 0. The van der Waals surface area contributed by atoms with Crippen LogP contribution in [0.3, 0.4) is 0 Å². The summed E-state index contributed by atoms with van der Waals surface area (Å²) in [5.41, 5.74) is 7.88. The van der Waals surface area contributed by atoms with Crippen LogP contribution < -0.4 is 20.7 Å². The minimum Gasteiger partial charge on any atom is -0.491 e. The zero-order chi connectivity index (χ0) is 20.6. The molecule has 154 valence electrons. The van der Waals surface area contributed by atoms with Gasteiger partial charge in [-0.05, 0) is 42.5 Å². The van der Waals surface area contributed by atoms with Crippen LogP contribution in [0, 0.1) is 0 Å². The third-order valence-electron chi connectivity index (χ3n) is 4.73. The molecule has 2 aromatic rings. The predicted octanol–water partition coefficient (Wildman–Crippen LogP) is 1.70. The van der Waals surface area contributed by atoms with E-state index in [1.807, 2.05) is 24.3 Å². The highest BCUT2D eigenvalue weighted by Gasteiger charge is 2.21. The summed E-state index contributed by atoms with van der Waals surface area (Å²) in [5, 5.41) is 2.64. The Labute approximate surface area is 169 Å². The molecule has 29 heavy (non-hydrogen) atoms. The first-order valence-electron chi connectivity index (χ1n) is 9.52. The zero-order valence-corrected chi connectivity index (χ0v) is 16.1. The lowest BCUT2D eigenvalue weighted by molar-refractivity contribution is -0.130. The van der Waals surface area contributed by atoms with Crippen molar-refractivity contribution in [3.63, 3.8) is 0 Å². The molecule has 0 radical (unpaired) electrons. The fourth-order valence-electron chi connectivity index (χ4n) is 3.15. The van der Waals surface area contributed by atoms with Gasteiger partial charge in [-0.25, -0.2) is 4.39 Å². The molecule has 7 nitrogen and oxygen atoms in total. The quantitative estimate of drug-likeness (QED) is 0.691. The van der Waals surface area contributed by atoms with Gasteiger partial charge in [-0.3, -0.25) is 9.59 Å². The maximum atomic E-state index is 12.4. The van der Waals surface area contributed by atoms with Crippen LogP contribution in [-0.2, 0) is 4.79 Å². The lowest BCUT2D eigenvalue weighted by Gasteiger charge is -2.36. The van der Waals surface area contributed by atoms with Gasteiger partial charge in [-0.2, -0.15) is 0 Å². The molecule has 3 N–H and O–H groups in total. The highest BCUT2D eigenvalue weighted by molar-refractivity contribution is 5.96. The molecule has 0 bridgehead atoms. The number of amides is 2. The summed E-state index contributed by atoms with van der Waals surface area (Å²) in [6.45, 7) is 1.88. The Balaban J connectivity index is 1.46. The number of rotatable bonds is 7. The molecular weight excluding hydrogens is 375 g/mol. The van der Waals surface area contributed by atoms with E-state index in [0.29, 0.717) is 24.4 Å². The molecule has 0 unspecified atom stereocenters. The van der Waals surface area contributed by atoms with E-state index in [0.717, 1.165) is 24.5 Å².